The van der Waals surface area contributed by atoms with Gasteiger partial charge in [-0.05, 0) is 27.7 Å². The summed E-state index contributed by atoms with van der Waals surface area (Å²) in [6.07, 6.45) is -0.266. The van der Waals surface area contributed by atoms with Gasteiger partial charge in [-0.2, -0.15) is 0 Å². The highest BCUT2D eigenvalue weighted by Gasteiger charge is 2.28. The lowest BCUT2D eigenvalue weighted by Gasteiger charge is -2.26. The first-order valence-electron chi connectivity index (χ1n) is 4.76. The Hall–Kier alpha value is -1.13. The van der Waals surface area contributed by atoms with Crippen LogP contribution in [-0.2, 0) is 9.53 Å². The van der Waals surface area contributed by atoms with Crippen LogP contribution in [0.2, 0.25) is 0 Å². The summed E-state index contributed by atoms with van der Waals surface area (Å²) in [5.74, 6) is 0. The number of halogens is 1. The highest BCUT2D eigenvalue weighted by Crippen LogP contribution is 2.11. The molecule has 0 heterocycles. The molecule has 0 fully saturated rings. The molecule has 1 amide bonds. The highest BCUT2D eigenvalue weighted by molar-refractivity contribution is 5.76. The average Bonchev–Trinajstić information content (AvgIpc) is 2.00. The quantitative estimate of drug-likeness (QED) is 0.734. The molecule has 0 radical (unpaired) electrons. The van der Waals surface area contributed by atoms with Gasteiger partial charge in [-0.15, -0.1) is 0 Å². The number of carbonyl (C=O) groups excluding carboxylic acids is 2. The topological polar surface area (TPSA) is 55.4 Å². The van der Waals surface area contributed by atoms with E-state index in [2.05, 4.69) is 5.32 Å². The van der Waals surface area contributed by atoms with Gasteiger partial charge in [0.2, 0.25) is 0 Å². The second-order valence-corrected chi connectivity index (χ2v) is 4.60. The van der Waals surface area contributed by atoms with E-state index in [1.807, 2.05) is 0 Å². The number of hydrogen-bond donors (Lipinski definition) is 1. The largest absolute Gasteiger partial charge is 0.444 e. The van der Waals surface area contributed by atoms with E-state index in [1.54, 1.807) is 20.8 Å². The molecule has 0 spiro atoms. The number of alkyl halides is 1. The maximum absolute atomic E-state index is 12.1. The van der Waals surface area contributed by atoms with Crippen LogP contribution >= 0.6 is 0 Å². The number of amides is 1. The fourth-order valence-corrected chi connectivity index (χ4v) is 0.884. The predicted octanol–water partition coefficient (Wildman–Crippen LogP) is 1.83. The minimum absolute atomic E-state index is 0.0598. The summed E-state index contributed by atoms with van der Waals surface area (Å²) in [5, 5.41) is 2.33. The lowest BCUT2D eigenvalue weighted by Crippen LogP contribution is -2.49. The Morgan fingerprint density at radius 2 is 1.93 bits per heavy atom. The molecule has 0 aliphatic carbocycles. The van der Waals surface area contributed by atoms with Gasteiger partial charge in [0.25, 0.3) is 0 Å². The van der Waals surface area contributed by atoms with Gasteiger partial charge in [-0.1, -0.05) is 0 Å². The molecule has 0 aliphatic heterocycles. The third-order valence-electron chi connectivity index (χ3n) is 1.66. The van der Waals surface area contributed by atoms with Crippen molar-refractivity contribution in [2.24, 2.45) is 0 Å². The van der Waals surface area contributed by atoms with Crippen LogP contribution in [0.4, 0.5) is 9.18 Å². The van der Waals surface area contributed by atoms with Crippen molar-refractivity contribution in [1.82, 2.24) is 5.32 Å². The molecule has 1 N–H and O–H groups in total. The Morgan fingerprint density at radius 3 is 2.27 bits per heavy atom. The Bertz CT molecular complexity index is 237. The van der Waals surface area contributed by atoms with Gasteiger partial charge in [-0.3, -0.25) is 4.39 Å². The number of ether oxygens (including phenoxy) is 1. The van der Waals surface area contributed by atoms with Crippen molar-refractivity contribution in [2.45, 2.75) is 45.3 Å². The van der Waals surface area contributed by atoms with E-state index in [1.165, 1.54) is 6.92 Å². The van der Waals surface area contributed by atoms with Crippen molar-refractivity contribution in [3.8, 4) is 0 Å². The zero-order valence-electron chi connectivity index (χ0n) is 9.59. The average molecular weight is 219 g/mol. The molecule has 5 heteroatoms. The van der Waals surface area contributed by atoms with E-state index in [9.17, 15) is 14.0 Å². The summed E-state index contributed by atoms with van der Waals surface area (Å²) in [6.45, 7) is 5.90. The van der Waals surface area contributed by atoms with Gasteiger partial charge < -0.3 is 14.8 Å². The first-order valence-corrected chi connectivity index (χ1v) is 4.76. The molecule has 0 aliphatic rings. The van der Waals surface area contributed by atoms with E-state index in [-0.39, 0.29) is 6.42 Å². The second kappa shape index (κ2) is 5.09. The summed E-state index contributed by atoms with van der Waals surface area (Å²) >= 11 is 0. The first-order chi connectivity index (χ1) is 6.72. The summed E-state index contributed by atoms with van der Waals surface area (Å²) in [7, 11) is 0. The predicted molar refractivity (Wildman–Crippen MR) is 54.4 cm³/mol. The number of carbonyl (C=O) groups is 2. The minimum Gasteiger partial charge on any atom is -0.444 e. The fourth-order valence-electron chi connectivity index (χ4n) is 0.884. The number of aldehydes is 1. The van der Waals surface area contributed by atoms with Crippen LogP contribution in [0.5, 0.6) is 0 Å². The van der Waals surface area contributed by atoms with E-state index in [4.69, 9.17) is 4.74 Å². The van der Waals surface area contributed by atoms with Crippen LogP contribution in [0.1, 0.15) is 34.1 Å². The lowest BCUT2D eigenvalue weighted by molar-refractivity contribution is -0.113. The van der Waals surface area contributed by atoms with E-state index < -0.39 is 23.9 Å². The molecule has 4 nitrogen and oxygen atoms in total. The molecular weight excluding hydrogens is 201 g/mol. The van der Waals surface area contributed by atoms with Crippen molar-refractivity contribution in [2.75, 3.05) is 6.67 Å². The third-order valence-corrected chi connectivity index (χ3v) is 1.66. The first kappa shape index (κ1) is 13.9. The monoisotopic (exact) mass is 219 g/mol. The van der Waals surface area contributed by atoms with Crippen molar-refractivity contribution in [1.29, 1.82) is 0 Å². The normalized spacial score (nSPS) is 15.3. The summed E-state index contributed by atoms with van der Waals surface area (Å²) in [4.78, 5) is 22.0. The number of hydrogen-bond acceptors (Lipinski definition) is 3. The molecule has 0 saturated carbocycles. The van der Waals surface area contributed by atoms with E-state index in [0.29, 0.717) is 6.29 Å². The zero-order valence-corrected chi connectivity index (χ0v) is 9.59. The lowest BCUT2D eigenvalue weighted by atomic mass is 10.0. The van der Waals surface area contributed by atoms with Crippen LogP contribution in [-0.4, -0.2) is 30.2 Å². The molecule has 0 aromatic rings. The molecule has 0 aromatic heterocycles. The molecule has 88 valence electrons. The van der Waals surface area contributed by atoms with Crippen molar-refractivity contribution in [3.63, 3.8) is 0 Å². The molecular formula is C10H18FNO3. The Balaban J connectivity index is 4.31. The number of rotatable bonds is 4. The van der Waals surface area contributed by atoms with Crippen LogP contribution in [0.25, 0.3) is 0 Å². The molecule has 1 unspecified atom stereocenters. The summed E-state index contributed by atoms with van der Waals surface area (Å²) < 4.78 is 17.1. The Kier molecular flexibility index (Phi) is 4.71. The van der Waals surface area contributed by atoms with Gasteiger partial charge in [-0.25, -0.2) is 4.79 Å². The smallest absolute Gasteiger partial charge is 0.408 e. The number of nitrogens with one attached hydrogen (secondary N) is 1. The van der Waals surface area contributed by atoms with E-state index >= 15 is 0 Å². The van der Waals surface area contributed by atoms with Gasteiger partial charge in [0.15, 0.2) is 0 Å². The maximum Gasteiger partial charge on any atom is 0.408 e. The Labute approximate surface area is 89.2 Å². The summed E-state index contributed by atoms with van der Waals surface area (Å²) in [6, 6.07) is 0. The van der Waals surface area contributed by atoms with Gasteiger partial charge in [0, 0.05) is 6.42 Å². The van der Waals surface area contributed by atoms with Crippen molar-refractivity contribution >= 4 is 12.4 Å². The SMILES string of the molecule is CC(C=O)(CCF)NC(=O)OC(C)(C)C. The molecule has 0 bridgehead atoms. The third kappa shape index (κ3) is 6.04. The summed E-state index contributed by atoms with van der Waals surface area (Å²) in [5.41, 5.74) is -1.83. The molecule has 15 heavy (non-hydrogen) atoms. The minimum atomic E-state index is -1.20. The molecule has 0 aromatic carbocycles. The number of alkyl carbamates (subject to hydrolysis) is 1. The Morgan fingerprint density at radius 1 is 1.40 bits per heavy atom. The van der Waals surface area contributed by atoms with Gasteiger partial charge in [0.1, 0.15) is 11.9 Å². The van der Waals surface area contributed by atoms with Crippen LogP contribution in [0.15, 0.2) is 0 Å². The maximum atomic E-state index is 12.1. The van der Waals surface area contributed by atoms with Crippen LogP contribution in [0.3, 0.4) is 0 Å². The van der Waals surface area contributed by atoms with Gasteiger partial charge in [0.05, 0.1) is 12.2 Å². The molecule has 0 rings (SSSR count). The fraction of sp³-hybridized carbons (Fsp3) is 0.800. The van der Waals surface area contributed by atoms with Crippen molar-refractivity contribution in [3.05, 3.63) is 0 Å². The van der Waals surface area contributed by atoms with Crippen LogP contribution in [0, 0.1) is 0 Å². The highest BCUT2D eigenvalue weighted by atomic mass is 19.1. The molecule has 0 saturated heterocycles. The standard InChI is InChI=1S/C10H18FNO3/c1-9(2,3)15-8(14)12-10(4,7-13)5-6-11/h7H,5-6H2,1-4H3,(H,12,14). The van der Waals surface area contributed by atoms with Crippen LogP contribution < -0.4 is 5.32 Å². The second-order valence-electron chi connectivity index (χ2n) is 4.60. The van der Waals surface area contributed by atoms with Crippen molar-refractivity contribution < 1.29 is 18.7 Å². The van der Waals surface area contributed by atoms with E-state index in [0.717, 1.165) is 0 Å². The van der Waals surface area contributed by atoms with Gasteiger partial charge >= 0.3 is 6.09 Å². The molecule has 1 atom stereocenters. The zero-order chi connectivity index (χ0) is 12.1.